The molecule has 0 heterocycles. The molecule has 1 amide bonds. The van der Waals surface area contributed by atoms with E-state index in [1.54, 1.807) is 0 Å². The quantitative estimate of drug-likeness (QED) is 0.749. The number of hydrogen-bond acceptors (Lipinski definition) is 3. The third-order valence-electron chi connectivity index (χ3n) is 5.35. The van der Waals surface area contributed by atoms with Crippen LogP contribution in [0.5, 0.6) is 0 Å². The van der Waals surface area contributed by atoms with Crippen molar-refractivity contribution in [3.8, 4) is 0 Å². The average molecular weight is 333 g/mol. The topological polar surface area (TPSA) is 69.6 Å². The summed E-state index contributed by atoms with van der Waals surface area (Å²) in [5.74, 6) is 0.471. The smallest absolute Gasteiger partial charge is 0.252 e. The summed E-state index contributed by atoms with van der Waals surface area (Å²) in [4.78, 5) is 12.7. The summed E-state index contributed by atoms with van der Waals surface area (Å²) in [7, 11) is 0. The monoisotopic (exact) mass is 333 g/mol. The first-order valence-corrected chi connectivity index (χ1v) is 9.06. The number of amides is 1. The molecule has 3 atom stereocenters. The molecule has 1 fully saturated rings. The van der Waals surface area contributed by atoms with Crippen LogP contribution in [0.2, 0.25) is 0 Å². The van der Waals surface area contributed by atoms with Crippen LogP contribution in [-0.4, -0.2) is 28.3 Å². The van der Waals surface area contributed by atoms with Crippen molar-refractivity contribution in [3.63, 3.8) is 0 Å². The molecule has 0 spiro atoms. The second-order valence-electron chi connectivity index (χ2n) is 7.64. The SMILES string of the molecule is CC1CCC(C(C)C)C(O)(C(=O)NCCc2ccc(CO)cc2)C1. The number of benzene rings is 1. The van der Waals surface area contributed by atoms with Crippen LogP contribution >= 0.6 is 0 Å². The predicted molar refractivity (Wildman–Crippen MR) is 95.4 cm³/mol. The van der Waals surface area contributed by atoms with Gasteiger partial charge in [-0.15, -0.1) is 0 Å². The first-order chi connectivity index (χ1) is 11.4. The lowest BCUT2D eigenvalue weighted by Crippen LogP contribution is -2.56. The van der Waals surface area contributed by atoms with Crippen molar-refractivity contribution in [2.45, 2.75) is 58.7 Å². The van der Waals surface area contributed by atoms with Crippen molar-refractivity contribution >= 4 is 5.91 Å². The highest BCUT2D eigenvalue weighted by Gasteiger charge is 2.48. The Morgan fingerprint density at radius 1 is 1.25 bits per heavy atom. The lowest BCUT2D eigenvalue weighted by molar-refractivity contribution is -0.155. The van der Waals surface area contributed by atoms with Crippen molar-refractivity contribution in [1.82, 2.24) is 5.32 Å². The second kappa shape index (κ2) is 8.13. The number of nitrogens with one attached hydrogen (secondary N) is 1. The van der Waals surface area contributed by atoms with Gasteiger partial charge in [0.15, 0.2) is 0 Å². The van der Waals surface area contributed by atoms with E-state index >= 15 is 0 Å². The van der Waals surface area contributed by atoms with Gasteiger partial charge >= 0.3 is 0 Å². The standard InChI is InChI=1S/C20H31NO3/c1-14(2)18-9-4-15(3)12-20(18,24)19(23)21-11-10-16-5-7-17(13-22)8-6-16/h5-8,14-15,18,22,24H,4,9-13H2,1-3H3,(H,21,23). The van der Waals surface area contributed by atoms with E-state index in [-0.39, 0.29) is 18.4 Å². The van der Waals surface area contributed by atoms with E-state index in [0.29, 0.717) is 24.8 Å². The van der Waals surface area contributed by atoms with Crippen molar-refractivity contribution in [1.29, 1.82) is 0 Å². The molecule has 4 heteroatoms. The molecule has 3 N–H and O–H groups in total. The van der Waals surface area contributed by atoms with Crippen LogP contribution in [0.4, 0.5) is 0 Å². The van der Waals surface area contributed by atoms with E-state index in [1.165, 1.54) is 0 Å². The van der Waals surface area contributed by atoms with Crippen LogP contribution in [-0.2, 0) is 17.8 Å². The van der Waals surface area contributed by atoms with Gasteiger partial charge in [-0.3, -0.25) is 4.79 Å². The number of carbonyl (C=O) groups is 1. The van der Waals surface area contributed by atoms with Crippen molar-refractivity contribution < 1.29 is 15.0 Å². The molecule has 1 aromatic rings. The summed E-state index contributed by atoms with van der Waals surface area (Å²) in [5.41, 5.74) is 0.747. The molecule has 24 heavy (non-hydrogen) atoms. The zero-order valence-corrected chi connectivity index (χ0v) is 15.1. The molecule has 0 saturated heterocycles. The van der Waals surface area contributed by atoms with Crippen LogP contribution in [0.15, 0.2) is 24.3 Å². The third-order valence-corrected chi connectivity index (χ3v) is 5.35. The van der Waals surface area contributed by atoms with Crippen molar-refractivity contribution in [2.24, 2.45) is 17.8 Å². The van der Waals surface area contributed by atoms with Gasteiger partial charge < -0.3 is 15.5 Å². The summed E-state index contributed by atoms with van der Waals surface area (Å²) in [5, 5.41) is 23.1. The van der Waals surface area contributed by atoms with E-state index < -0.39 is 5.60 Å². The zero-order valence-electron chi connectivity index (χ0n) is 15.1. The molecule has 1 aliphatic carbocycles. The van der Waals surface area contributed by atoms with E-state index in [1.807, 2.05) is 24.3 Å². The van der Waals surface area contributed by atoms with E-state index in [2.05, 4.69) is 26.1 Å². The summed E-state index contributed by atoms with van der Waals surface area (Å²) in [6.07, 6.45) is 3.25. The lowest BCUT2D eigenvalue weighted by Gasteiger charge is -2.43. The fraction of sp³-hybridized carbons (Fsp3) is 0.650. The lowest BCUT2D eigenvalue weighted by atomic mass is 9.66. The Morgan fingerprint density at radius 2 is 1.88 bits per heavy atom. The Hall–Kier alpha value is -1.39. The normalized spacial score (nSPS) is 27.2. The fourth-order valence-corrected chi connectivity index (χ4v) is 3.92. The maximum atomic E-state index is 12.7. The van der Waals surface area contributed by atoms with Crippen molar-refractivity contribution in [2.75, 3.05) is 6.54 Å². The largest absolute Gasteiger partial charge is 0.392 e. The maximum absolute atomic E-state index is 12.7. The maximum Gasteiger partial charge on any atom is 0.252 e. The molecule has 4 nitrogen and oxygen atoms in total. The van der Waals surface area contributed by atoms with E-state index in [4.69, 9.17) is 5.11 Å². The van der Waals surface area contributed by atoms with Crippen LogP contribution < -0.4 is 5.32 Å². The number of aliphatic hydroxyl groups excluding tert-OH is 1. The van der Waals surface area contributed by atoms with Gasteiger partial charge in [0.25, 0.3) is 5.91 Å². The van der Waals surface area contributed by atoms with Crippen LogP contribution in [0.25, 0.3) is 0 Å². The first-order valence-electron chi connectivity index (χ1n) is 9.06. The van der Waals surface area contributed by atoms with Gasteiger partial charge in [0, 0.05) is 6.54 Å². The average Bonchev–Trinajstić information content (AvgIpc) is 2.55. The molecule has 0 bridgehead atoms. The highest BCUT2D eigenvalue weighted by atomic mass is 16.3. The molecule has 0 radical (unpaired) electrons. The molecular weight excluding hydrogens is 302 g/mol. The van der Waals surface area contributed by atoms with Crippen LogP contribution in [0.1, 0.15) is 51.2 Å². The Kier molecular flexibility index (Phi) is 6.41. The predicted octanol–water partition coefficient (Wildman–Crippen LogP) is 2.66. The van der Waals surface area contributed by atoms with Gasteiger partial charge in [-0.05, 0) is 48.1 Å². The minimum atomic E-state index is -1.24. The first kappa shape index (κ1) is 18.9. The van der Waals surface area contributed by atoms with E-state index in [9.17, 15) is 9.90 Å². The molecule has 1 aromatic carbocycles. The third kappa shape index (κ3) is 4.37. The number of rotatable bonds is 6. The van der Waals surface area contributed by atoms with Gasteiger partial charge in [-0.1, -0.05) is 51.5 Å². The fourth-order valence-electron chi connectivity index (χ4n) is 3.92. The minimum absolute atomic E-state index is 0.0255. The van der Waals surface area contributed by atoms with Crippen LogP contribution in [0.3, 0.4) is 0 Å². The number of carbonyl (C=O) groups excluding carboxylic acids is 1. The summed E-state index contributed by atoms with van der Waals surface area (Å²) in [6, 6.07) is 7.71. The molecule has 3 unspecified atom stereocenters. The summed E-state index contributed by atoms with van der Waals surface area (Å²) >= 11 is 0. The molecular formula is C20H31NO3. The Bertz CT molecular complexity index is 540. The van der Waals surface area contributed by atoms with Gasteiger partial charge in [0.2, 0.25) is 0 Å². The summed E-state index contributed by atoms with van der Waals surface area (Å²) in [6.45, 7) is 6.83. The minimum Gasteiger partial charge on any atom is -0.392 e. The Labute approximate surface area is 145 Å². The second-order valence-corrected chi connectivity index (χ2v) is 7.64. The molecule has 0 aliphatic heterocycles. The molecule has 134 valence electrons. The van der Waals surface area contributed by atoms with Crippen LogP contribution in [0, 0.1) is 17.8 Å². The van der Waals surface area contributed by atoms with Crippen molar-refractivity contribution in [3.05, 3.63) is 35.4 Å². The highest BCUT2D eigenvalue weighted by molar-refractivity contribution is 5.85. The molecule has 1 aliphatic rings. The summed E-state index contributed by atoms with van der Waals surface area (Å²) < 4.78 is 0. The Balaban J connectivity index is 1.93. The van der Waals surface area contributed by atoms with E-state index in [0.717, 1.165) is 30.4 Å². The number of aliphatic hydroxyl groups is 2. The van der Waals surface area contributed by atoms with Gasteiger partial charge in [-0.25, -0.2) is 0 Å². The zero-order chi connectivity index (χ0) is 17.7. The van der Waals surface area contributed by atoms with Gasteiger partial charge in [0.05, 0.1) is 6.61 Å². The molecule has 2 rings (SSSR count). The number of hydrogen-bond donors (Lipinski definition) is 3. The highest BCUT2D eigenvalue weighted by Crippen LogP contribution is 2.41. The van der Waals surface area contributed by atoms with Gasteiger partial charge in [-0.2, -0.15) is 0 Å². The van der Waals surface area contributed by atoms with Gasteiger partial charge in [0.1, 0.15) is 5.60 Å². The Morgan fingerprint density at radius 3 is 2.46 bits per heavy atom. The molecule has 1 saturated carbocycles. The molecule has 0 aromatic heterocycles.